The molecule has 2 saturated heterocycles. The van der Waals surface area contributed by atoms with Crippen molar-refractivity contribution in [2.75, 3.05) is 111 Å². The summed E-state index contributed by atoms with van der Waals surface area (Å²) in [6.45, 7) is 14.1. The van der Waals surface area contributed by atoms with E-state index < -0.39 is 51.5 Å². The molecule has 0 aromatic rings. The van der Waals surface area contributed by atoms with Gasteiger partial charge in [-0.05, 0) is 75.5 Å². The summed E-state index contributed by atoms with van der Waals surface area (Å²) < 4.78 is 34.4. The summed E-state index contributed by atoms with van der Waals surface area (Å²) >= 11 is 1.95. The molecule has 0 radical (unpaired) electrons. The summed E-state index contributed by atoms with van der Waals surface area (Å²) in [5.74, 6) is -2.39. The van der Waals surface area contributed by atoms with E-state index in [1.54, 1.807) is 48.5 Å². The van der Waals surface area contributed by atoms with Gasteiger partial charge in [-0.1, -0.05) is 22.6 Å². The Morgan fingerprint density at radius 3 is 1.60 bits per heavy atom. The van der Waals surface area contributed by atoms with Crippen molar-refractivity contribution in [2.45, 2.75) is 73.0 Å². The molecule has 57 heavy (non-hydrogen) atoms. The lowest BCUT2D eigenvalue weighted by Crippen LogP contribution is -2.48. The summed E-state index contributed by atoms with van der Waals surface area (Å²) in [6.07, 6.45) is 0.483. The molecule has 0 aromatic heterocycles. The number of nitrogens with zero attached hydrogens (tertiary/aromatic N) is 1. The molecule has 19 heteroatoms. The Morgan fingerprint density at radius 1 is 0.684 bits per heavy atom. The zero-order valence-corrected chi connectivity index (χ0v) is 37.4. The van der Waals surface area contributed by atoms with Crippen molar-refractivity contribution in [1.29, 1.82) is 0 Å². The first kappa shape index (κ1) is 50.5. The minimum atomic E-state index is -1.32. The van der Waals surface area contributed by atoms with E-state index in [4.69, 9.17) is 28.4 Å². The zero-order valence-electron chi connectivity index (χ0n) is 35.3. The fourth-order valence-corrected chi connectivity index (χ4v) is 5.39. The Balaban J connectivity index is 1.85. The van der Waals surface area contributed by atoms with Crippen LogP contribution in [0.5, 0.6) is 0 Å². The number of carbonyl (C=O) groups is 6. The van der Waals surface area contributed by atoms with Crippen LogP contribution in [0.25, 0.3) is 0 Å². The van der Waals surface area contributed by atoms with Crippen LogP contribution in [0, 0.1) is 21.7 Å². The average molecular weight is 927 g/mol. The zero-order chi connectivity index (χ0) is 42.9. The van der Waals surface area contributed by atoms with Gasteiger partial charge in [-0.2, -0.15) is 0 Å². The molecule has 3 unspecified atom stereocenters. The van der Waals surface area contributed by atoms with Gasteiger partial charge in [0, 0.05) is 38.3 Å². The van der Waals surface area contributed by atoms with Gasteiger partial charge in [0.2, 0.25) is 17.7 Å². The van der Waals surface area contributed by atoms with Crippen molar-refractivity contribution in [3.63, 3.8) is 0 Å². The number of alkyl halides is 1. The summed E-state index contributed by atoms with van der Waals surface area (Å²) in [5, 5.41) is 14.5. The third kappa shape index (κ3) is 18.8. The molecule has 0 bridgehead atoms. The van der Waals surface area contributed by atoms with Crippen molar-refractivity contribution >= 4 is 58.2 Å². The van der Waals surface area contributed by atoms with Crippen LogP contribution in [0.2, 0.25) is 0 Å². The van der Waals surface area contributed by atoms with Gasteiger partial charge in [0.1, 0.15) is 32.5 Å². The lowest BCUT2D eigenvalue weighted by atomic mass is 9.87. The molecule has 18 nitrogen and oxygen atoms in total. The summed E-state index contributed by atoms with van der Waals surface area (Å²) in [4.78, 5) is 78.3. The second-order valence-corrected chi connectivity index (χ2v) is 17.8. The molecule has 0 saturated carbocycles. The normalized spacial score (nSPS) is 18.2. The van der Waals surface area contributed by atoms with Gasteiger partial charge in [0.25, 0.3) is 0 Å². The number of hydrogen-bond donors (Lipinski definition) is 5. The number of nitrogens with one attached hydrogen (secondary N) is 5. The van der Waals surface area contributed by atoms with Crippen LogP contribution < -0.4 is 26.6 Å². The smallest absolute Gasteiger partial charge is 0.313 e. The Bertz CT molecular complexity index is 1290. The summed E-state index contributed by atoms with van der Waals surface area (Å²) in [7, 11) is 3.79. The van der Waals surface area contributed by atoms with Gasteiger partial charge in [-0.25, -0.2) is 0 Å². The SMILES string of the molecule is CN(C)CCC(NC(=O)CI)C(=O)NCCOCCOCCNC(=O)COCC(COC(=O)C(C)(C)C)(COC(=O)C(C)(C)C1CN1)COC(=O)C(C)(C)C1CN1. The van der Waals surface area contributed by atoms with Crippen molar-refractivity contribution in [2.24, 2.45) is 21.7 Å². The maximum absolute atomic E-state index is 13.2. The molecule has 328 valence electrons. The lowest BCUT2D eigenvalue weighted by Gasteiger charge is -2.35. The maximum Gasteiger partial charge on any atom is 0.313 e. The standard InChI is InChI=1S/C38H67IN6O12/c1-35(2,3)32(49)55-23-38(24-56-33(50)36(4,5)27-19-42-27,25-57-34(51)37(6,7)28-20-43-28)22-54-21-30(47)40-11-14-52-16-17-53-15-12-41-31(48)26(10-13-45(8)9)44-29(46)18-39/h26-28,42-43H,10-25H2,1-9H3,(H,40,47)(H,41,48)(H,44,46). The Labute approximate surface area is 351 Å². The average Bonchev–Trinajstić information content (AvgIpc) is 4.06. The van der Waals surface area contributed by atoms with Gasteiger partial charge < -0.3 is 59.9 Å². The second kappa shape index (κ2) is 23.8. The molecule has 2 aliphatic heterocycles. The molecule has 2 rings (SSSR count). The largest absolute Gasteiger partial charge is 0.464 e. The van der Waals surface area contributed by atoms with Gasteiger partial charge in [0.05, 0.1) is 59.1 Å². The number of amides is 3. The van der Waals surface area contributed by atoms with E-state index in [1.807, 2.05) is 41.6 Å². The Kier molecular flexibility index (Phi) is 21.1. The van der Waals surface area contributed by atoms with Crippen LogP contribution in [0.15, 0.2) is 0 Å². The van der Waals surface area contributed by atoms with Crippen LogP contribution in [0.4, 0.5) is 0 Å². The highest BCUT2D eigenvalue weighted by Crippen LogP contribution is 2.32. The fraction of sp³-hybridized carbons (Fsp3) is 0.842. The number of hydrogen-bond acceptors (Lipinski definition) is 15. The number of carbonyl (C=O) groups excluding carboxylic acids is 6. The molecule has 5 N–H and O–H groups in total. The van der Waals surface area contributed by atoms with Crippen molar-refractivity contribution in [3.8, 4) is 0 Å². The monoisotopic (exact) mass is 926 g/mol. The van der Waals surface area contributed by atoms with Crippen LogP contribution in [-0.4, -0.2) is 169 Å². The minimum absolute atomic E-state index is 0.0440. The van der Waals surface area contributed by atoms with Crippen LogP contribution in [0.3, 0.4) is 0 Å². The van der Waals surface area contributed by atoms with E-state index in [-0.39, 0.29) is 101 Å². The van der Waals surface area contributed by atoms with Crippen LogP contribution in [-0.2, 0) is 57.2 Å². The number of esters is 3. The van der Waals surface area contributed by atoms with Crippen LogP contribution >= 0.6 is 22.6 Å². The molecule has 3 atom stereocenters. The van der Waals surface area contributed by atoms with Crippen molar-refractivity contribution < 1.29 is 57.2 Å². The second-order valence-electron chi connectivity index (χ2n) is 17.0. The Morgan fingerprint density at radius 2 is 1.16 bits per heavy atom. The first-order valence-electron chi connectivity index (χ1n) is 19.4. The molecule has 2 aliphatic rings. The molecular formula is C38H67IN6O12. The van der Waals surface area contributed by atoms with E-state index in [9.17, 15) is 28.8 Å². The molecule has 0 spiro atoms. The summed E-state index contributed by atoms with van der Waals surface area (Å²) in [6, 6.07) is -0.715. The van der Waals surface area contributed by atoms with Crippen LogP contribution in [0.1, 0.15) is 54.9 Å². The molecular weight excluding hydrogens is 859 g/mol. The molecule has 0 aromatic carbocycles. The lowest BCUT2D eigenvalue weighted by molar-refractivity contribution is -0.178. The fourth-order valence-electron chi connectivity index (χ4n) is 5.17. The molecule has 3 amide bonds. The van der Waals surface area contributed by atoms with E-state index in [0.717, 1.165) is 0 Å². The number of halogens is 1. The molecule has 0 aliphatic carbocycles. The predicted octanol–water partition coefficient (Wildman–Crippen LogP) is -0.202. The van der Waals surface area contributed by atoms with E-state index in [0.29, 0.717) is 26.1 Å². The minimum Gasteiger partial charge on any atom is -0.464 e. The van der Waals surface area contributed by atoms with Gasteiger partial charge in [-0.3, -0.25) is 28.8 Å². The predicted molar refractivity (Wildman–Crippen MR) is 218 cm³/mol. The topological polar surface area (TPSA) is 241 Å². The van der Waals surface area contributed by atoms with E-state index >= 15 is 0 Å². The Hall–Kier alpha value is -2.69. The maximum atomic E-state index is 13.2. The van der Waals surface area contributed by atoms with E-state index in [2.05, 4.69) is 26.6 Å². The third-order valence-electron chi connectivity index (χ3n) is 9.52. The van der Waals surface area contributed by atoms with Gasteiger partial charge >= 0.3 is 17.9 Å². The highest BCUT2D eigenvalue weighted by molar-refractivity contribution is 14.1. The quantitative estimate of drug-likeness (QED) is 0.0163. The number of ether oxygens (including phenoxy) is 6. The summed E-state index contributed by atoms with van der Waals surface area (Å²) in [5.41, 5.74) is -3.82. The van der Waals surface area contributed by atoms with Crippen molar-refractivity contribution in [1.82, 2.24) is 31.5 Å². The van der Waals surface area contributed by atoms with Gasteiger partial charge in [-0.15, -0.1) is 0 Å². The highest BCUT2D eigenvalue weighted by Gasteiger charge is 2.48. The number of rotatable bonds is 29. The third-order valence-corrected chi connectivity index (χ3v) is 10.2. The molecule has 2 heterocycles. The first-order chi connectivity index (χ1) is 26.6. The van der Waals surface area contributed by atoms with E-state index in [1.165, 1.54) is 0 Å². The van der Waals surface area contributed by atoms with Gasteiger partial charge in [0.15, 0.2) is 0 Å². The van der Waals surface area contributed by atoms with Crippen molar-refractivity contribution in [3.05, 3.63) is 0 Å². The first-order valence-corrected chi connectivity index (χ1v) is 20.9. The highest BCUT2D eigenvalue weighted by atomic mass is 127. The molecule has 2 fully saturated rings.